The van der Waals surface area contributed by atoms with Gasteiger partial charge in [-0.3, -0.25) is 4.79 Å². The first-order valence-corrected chi connectivity index (χ1v) is 11.2. The van der Waals surface area contributed by atoms with Gasteiger partial charge in [-0.1, -0.05) is 12.1 Å². The molecule has 0 fully saturated rings. The van der Waals surface area contributed by atoms with Gasteiger partial charge in [-0.25, -0.2) is 4.98 Å². The number of fused-ring (bicyclic) bond motifs is 1. The Labute approximate surface area is 186 Å². The fourth-order valence-corrected chi connectivity index (χ4v) is 5.05. The summed E-state index contributed by atoms with van der Waals surface area (Å²) in [6.07, 6.45) is 3.44. The van der Waals surface area contributed by atoms with Crippen molar-refractivity contribution in [2.75, 3.05) is 0 Å². The number of rotatable bonds is 5. The van der Waals surface area contributed by atoms with Crippen LogP contribution < -0.4 is 4.74 Å². The molecule has 1 atom stereocenters. The number of carbonyl (C=O) groups excluding carboxylic acids is 1. The summed E-state index contributed by atoms with van der Waals surface area (Å²) in [5.41, 5.74) is 6.11. The zero-order valence-electron chi connectivity index (χ0n) is 18.1. The summed E-state index contributed by atoms with van der Waals surface area (Å²) in [7, 11) is 0. The molecule has 6 heteroatoms. The number of ether oxygens (including phenoxy) is 2. The first-order chi connectivity index (χ1) is 14.9. The molecule has 0 aliphatic heterocycles. The molecule has 0 spiro atoms. The van der Waals surface area contributed by atoms with Gasteiger partial charge >= 0.3 is 5.97 Å². The molecule has 0 N–H and O–H groups in total. The van der Waals surface area contributed by atoms with E-state index in [4.69, 9.17) is 9.47 Å². The van der Waals surface area contributed by atoms with Crippen LogP contribution in [0.1, 0.15) is 55.5 Å². The van der Waals surface area contributed by atoms with Crippen LogP contribution in [-0.2, 0) is 16.0 Å². The van der Waals surface area contributed by atoms with E-state index in [1.165, 1.54) is 18.1 Å². The van der Waals surface area contributed by atoms with Crippen LogP contribution in [0, 0.1) is 18.3 Å². The van der Waals surface area contributed by atoms with Crippen molar-refractivity contribution in [3.05, 3.63) is 58.8 Å². The van der Waals surface area contributed by atoms with Gasteiger partial charge in [0.1, 0.15) is 22.9 Å². The molecule has 0 saturated carbocycles. The molecule has 0 bridgehead atoms. The van der Waals surface area contributed by atoms with Crippen LogP contribution in [0.2, 0.25) is 0 Å². The average molecular weight is 433 g/mol. The van der Waals surface area contributed by atoms with Crippen molar-refractivity contribution in [2.45, 2.75) is 52.7 Å². The minimum Gasteiger partial charge on any atom is -0.490 e. The summed E-state index contributed by atoms with van der Waals surface area (Å²) in [5.74, 6) is 0.355. The molecule has 0 unspecified atom stereocenters. The Morgan fingerprint density at radius 2 is 2.10 bits per heavy atom. The third-order valence-electron chi connectivity index (χ3n) is 5.43. The maximum atomic E-state index is 11.4. The van der Waals surface area contributed by atoms with Crippen LogP contribution in [-0.4, -0.2) is 17.1 Å². The molecule has 4 rings (SSSR count). The van der Waals surface area contributed by atoms with Gasteiger partial charge < -0.3 is 9.47 Å². The first kappa shape index (κ1) is 21.1. The Balaban J connectivity index is 1.64. The van der Waals surface area contributed by atoms with E-state index in [9.17, 15) is 10.1 Å². The van der Waals surface area contributed by atoms with Gasteiger partial charge in [0.2, 0.25) is 0 Å². The second-order valence-electron chi connectivity index (χ2n) is 7.96. The van der Waals surface area contributed by atoms with Crippen molar-refractivity contribution < 1.29 is 14.3 Å². The topological polar surface area (TPSA) is 72.2 Å². The molecule has 0 amide bonds. The summed E-state index contributed by atoms with van der Waals surface area (Å²) in [6, 6.07) is 12.0. The quantitative estimate of drug-likeness (QED) is 0.463. The van der Waals surface area contributed by atoms with Gasteiger partial charge in [0.05, 0.1) is 16.5 Å². The van der Waals surface area contributed by atoms with Crippen LogP contribution in [0.3, 0.4) is 0 Å². The van der Waals surface area contributed by atoms with Crippen LogP contribution >= 0.6 is 11.3 Å². The van der Waals surface area contributed by atoms with Gasteiger partial charge in [-0.2, -0.15) is 5.26 Å². The smallest absolute Gasteiger partial charge is 0.303 e. The number of thiazole rings is 1. The van der Waals surface area contributed by atoms with E-state index in [0.717, 1.165) is 39.4 Å². The number of aromatic nitrogens is 1. The van der Waals surface area contributed by atoms with E-state index in [2.05, 4.69) is 30.1 Å². The SMILES string of the molecule is CC(=O)O[C@@H]1CCc2c1ccc(-c1ncc(-c3ccc(OC(C)C)c(C#N)c3)s1)c2C. The van der Waals surface area contributed by atoms with Crippen molar-refractivity contribution in [3.8, 4) is 32.8 Å². The minimum absolute atomic E-state index is 0.0104. The summed E-state index contributed by atoms with van der Waals surface area (Å²) in [4.78, 5) is 17.0. The molecule has 3 aromatic rings. The summed E-state index contributed by atoms with van der Waals surface area (Å²) in [6.45, 7) is 7.45. The third kappa shape index (κ3) is 4.19. The Kier molecular flexibility index (Phi) is 5.79. The maximum absolute atomic E-state index is 11.4. The number of hydrogen-bond donors (Lipinski definition) is 0. The highest BCUT2D eigenvalue weighted by molar-refractivity contribution is 7.18. The van der Waals surface area contributed by atoms with Gasteiger partial charge in [0.15, 0.2) is 0 Å². The lowest BCUT2D eigenvalue weighted by Crippen LogP contribution is -2.06. The molecule has 31 heavy (non-hydrogen) atoms. The lowest BCUT2D eigenvalue weighted by molar-refractivity contribution is -0.146. The summed E-state index contributed by atoms with van der Waals surface area (Å²) < 4.78 is 11.2. The highest BCUT2D eigenvalue weighted by Crippen LogP contribution is 2.41. The lowest BCUT2D eigenvalue weighted by atomic mass is 9.98. The molecule has 1 aromatic heterocycles. The van der Waals surface area contributed by atoms with Crippen molar-refractivity contribution in [2.24, 2.45) is 0 Å². The minimum atomic E-state index is -0.245. The van der Waals surface area contributed by atoms with E-state index in [0.29, 0.717) is 11.3 Å². The zero-order valence-corrected chi connectivity index (χ0v) is 18.9. The van der Waals surface area contributed by atoms with Crippen molar-refractivity contribution in [3.63, 3.8) is 0 Å². The molecule has 5 nitrogen and oxygen atoms in total. The summed E-state index contributed by atoms with van der Waals surface area (Å²) in [5, 5.41) is 10.5. The highest BCUT2D eigenvalue weighted by atomic mass is 32.1. The molecule has 1 aliphatic carbocycles. The number of hydrogen-bond acceptors (Lipinski definition) is 6. The number of carbonyl (C=O) groups is 1. The fourth-order valence-electron chi connectivity index (χ4n) is 4.06. The van der Waals surface area contributed by atoms with E-state index in [-0.39, 0.29) is 18.2 Å². The fraction of sp³-hybridized carbons (Fsp3) is 0.320. The normalized spacial score (nSPS) is 14.9. The highest BCUT2D eigenvalue weighted by Gasteiger charge is 2.27. The number of benzene rings is 2. The molecule has 0 saturated heterocycles. The first-order valence-electron chi connectivity index (χ1n) is 10.3. The Morgan fingerprint density at radius 3 is 2.81 bits per heavy atom. The van der Waals surface area contributed by atoms with Crippen molar-refractivity contribution in [1.29, 1.82) is 5.26 Å². The van der Waals surface area contributed by atoms with Crippen LogP contribution in [0.5, 0.6) is 5.75 Å². The third-order valence-corrected chi connectivity index (χ3v) is 6.51. The summed E-state index contributed by atoms with van der Waals surface area (Å²) >= 11 is 1.60. The predicted molar refractivity (Wildman–Crippen MR) is 121 cm³/mol. The number of nitriles is 1. The standard InChI is InChI=1S/C25H24N2O3S/c1-14(2)29-22-9-5-17(11-18(22)12-26)24-13-27-25(31-24)20-6-7-21-19(15(20)3)8-10-23(21)30-16(4)28/h5-7,9,11,13-14,23H,8,10H2,1-4H3/t23-/m1/s1. The maximum Gasteiger partial charge on any atom is 0.303 e. The van der Waals surface area contributed by atoms with Crippen LogP contribution in [0.25, 0.3) is 21.0 Å². The van der Waals surface area contributed by atoms with Crippen molar-refractivity contribution >= 4 is 17.3 Å². The van der Waals surface area contributed by atoms with E-state index in [1.807, 2.05) is 38.2 Å². The molecule has 1 heterocycles. The number of esters is 1. The van der Waals surface area contributed by atoms with Gasteiger partial charge in [0.25, 0.3) is 0 Å². The number of nitrogens with zero attached hydrogens (tertiary/aromatic N) is 2. The van der Waals surface area contributed by atoms with Crippen molar-refractivity contribution in [1.82, 2.24) is 4.98 Å². The molecule has 0 radical (unpaired) electrons. The second kappa shape index (κ2) is 8.52. The lowest BCUT2D eigenvalue weighted by Gasteiger charge is -2.14. The molecular formula is C25H24N2O3S. The molecule has 1 aliphatic rings. The van der Waals surface area contributed by atoms with Crippen LogP contribution in [0.15, 0.2) is 36.5 Å². The molecular weight excluding hydrogens is 408 g/mol. The molecule has 158 valence electrons. The predicted octanol–water partition coefficient (Wildman–Crippen LogP) is 5.99. The zero-order chi connectivity index (χ0) is 22.1. The van der Waals surface area contributed by atoms with Gasteiger partial charge in [0, 0.05) is 18.7 Å². The monoisotopic (exact) mass is 432 g/mol. The van der Waals surface area contributed by atoms with E-state index in [1.54, 1.807) is 11.3 Å². The van der Waals surface area contributed by atoms with E-state index >= 15 is 0 Å². The van der Waals surface area contributed by atoms with Gasteiger partial charge in [-0.05, 0) is 74.1 Å². The van der Waals surface area contributed by atoms with Crippen LogP contribution in [0.4, 0.5) is 0 Å². The van der Waals surface area contributed by atoms with E-state index < -0.39 is 0 Å². The average Bonchev–Trinajstić information content (AvgIpc) is 3.36. The Bertz CT molecular complexity index is 1190. The Hall–Kier alpha value is -3.17. The Morgan fingerprint density at radius 1 is 1.29 bits per heavy atom. The van der Waals surface area contributed by atoms with Gasteiger partial charge in [-0.15, -0.1) is 11.3 Å². The second-order valence-corrected chi connectivity index (χ2v) is 8.99. The molecule has 2 aromatic carbocycles. The largest absolute Gasteiger partial charge is 0.490 e.